The number of carbonyl (C=O) groups excluding carboxylic acids is 1. The van der Waals surface area contributed by atoms with Crippen molar-refractivity contribution in [1.82, 2.24) is 19.7 Å². The molecule has 174 valence electrons. The second kappa shape index (κ2) is 10.6. The number of ether oxygens (including phenoxy) is 2. The van der Waals surface area contributed by atoms with Crippen LogP contribution in [0.5, 0.6) is 11.5 Å². The molecular formula is C24H34N4O3S. The summed E-state index contributed by atoms with van der Waals surface area (Å²) in [6, 6.07) is 6.22. The number of thioether (sulfide) groups is 1. The van der Waals surface area contributed by atoms with E-state index in [0.29, 0.717) is 29.2 Å². The van der Waals surface area contributed by atoms with Crippen LogP contribution >= 0.6 is 11.8 Å². The van der Waals surface area contributed by atoms with E-state index in [-0.39, 0.29) is 5.91 Å². The Morgan fingerprint density at radius 3 is 2.44 bits per heavy atom. The van der Waals surface area contributed by atoms with Gasteiger partial charge >= 0.3 is 0 Å². The lowest BCUT2D eigenvalue weighted by Crippen LogP contribution is -2.39. The van der Waals surface area contributed by atoms with Crippen molar-refractivity contribution in [3.63, 3.8) is 0 Å². The number of piperidine rings is 1. The van der Waals surface area contributed by atoms with Gasteiger partial charge in [0.25, 0.3) is 0 Å². The molecule has 0 N–H and O–H groups in total. The maximum absolute atomic E-state index is 12.8. The highest BCUT2D eigenvalue weighted by atomic mass is 32.2. The molecule has 2 aromatic rings. The van der Waals surface area contributed by atoms with Crippen molar-refractivity contribution in [3.8, 4) is 22.9 Å². The Morgan fingerprint density at radius 2 is 1.75 bits per heavy atom. The molecule has 2 aliphatic rings. The van der Waals surface area contributed by atoms with E-state index in [0.717, 1.165) is 55.3 Å². The summed E-state index contributed by atoms with van der Waals surface area (Å²) in [5, 5.41) is 9.93. The Kier molecular flexibility index (Phi) is 7.60. The first-order chi connectivity index (χ1) is 15.6. The Labute approximate surface area is 194 Å². The molecule has 1 saturated carbocycles. The van der Waals surface area contributed by atoms with E-state index in [4.69, 9.17) is 9.47 Å². The Bertz CT molecular complexity index is 918. The molecule has 0 atom stereocenters. The summed E-state index contributed by atoms with van der Waals surface area (Å²) in [5.41, 5.74) is 0.948. The van der Waals surface area contributed by atoms with Crippen LogP contribution in [0.1, 0.15) is 57.9 Å². The van der Waals surface area contributed by atoms with Gasteiger partial charge in [0.1, 0.15) is 0 Å². The summed E-state index contributed by atoms with van der Waals surface area (Å²) in [6.07, 6.45) is 8.12. The zero-order valence-corrected chi connectivity index (χ0v) is 20.2. The number of nitrogens with zero attached hydrogens (tertiary/aromatic N) is 4. The number of aromatic nitrogens is 3. The summed E-state index contributed by atoms with van der Waals surface area (Å²) < 4.78 is 13.2. The van der Waals surface area contributed by atoms with E-state index in [9.17, 15) is 4.79 Å². The van der Waals surface area contributed by atoms with E-state index >= 15 is 0 Å². The monoisotopic (exact) mass is 458 g/mol. The van der Waals surface area contributed by atoms with Gasteiger partial charge in [0.2, 0.25) is 5.91 Å². The predicted molar refractivity (Wildman–Crippen MR) is 126 cm³/mol. The molecule has 2 fully saturated rings. The van der Waals surface area contributed by atoms with Crippen LogP contribution in [0.4, 0.5) is 0 Å². The maximum Gasteiger partial charge on any atom is 0.233 e. The normalized spacial score (nSPS) is 18.0. The quantitative estimate of drug-likeness (QED) is 0.554. The SMILES string of the molecule is COc1ccc(-c2nnc(SCC(=O)N3CCC(C)CC3)n2C2CCCCC2)cc1OC. The fraction of sp³-hybridized carbons (Fsp3) is 0.625. The highest BCUT2D eigenvalue weighted by Crippen LogP contribution is 2.38. The number of likely N-dealkylation sites (tertiary alicyclic amines) is 1. The maximum atomic E-state index is 12.8. The molecule has 1 aliphatic heterocycles. The van der Waals surface area contributed by atoms with E-state index < -0.39 is 0 Å². The summed E-state index contributed by atoms with van der Waals surface area (Å²) in [7, 11) is 3.28. The average Bonchev–Trinajstić information content (AvgIpc) is 3.27. The molecule has 4 rings (SSSR count). The molecule has 1 aromatic heterocycles. The van der Waals surface area contributed by atoms with Gasteiger partial charge in [-0.1, -0.05) is 37.9 Å². The second-order valence-corrected chi connectivity index (χ2v) is 9.83. The van der Waals surface area contributed by atoms with Crippen LogP contribution in [0.3, 0.4) is 0 Å². The molecule has 0 radical (unpaired) electrons. The minimum absolute atomic E-state index is 0.202. The van der Waals surface area contributed by atoms with Crippen molar-refractivity contribution in [2.75, 3.05) is 33.1 Å². The Morgan fingerprint density at radius 1 is 1.03 bits per heavy atom. The number of methoxy groups -OCH3 is 2. The van der Waals surface area contributed by atoms with Gasteiger partial charge in [-0.15, -0.1) is 10.2 Å². The molecule has 2 heterocycles. The molecule has 0 spiro atoms. The fourth-order valence-corrected chi connectivity index (χ4v) is 5.60. The number of carbonyl (C=O) groups is 1. The van der Waals surface area contributed by atoms with E-state index in [2.05, 4.69) is 21.7 Å². The van der Waals surface area contributed by atoms with Gasteiger partial charge in [0, 0.05) is 24.7 Å². The molecule has 7 nitrogen and oxygen atoms in total. The van der Waals surface area contributed by atoms with Gasteiger partial charge in [-0.05, 0) is 49.8 Å². The van der Waals surface area contributed by atoms with Crippen molar-refractivity contribution < 1.29 is 14.3 Å². The lowest BCUT2D eigenvalue weighted by atomic mass is 9.95. The van der Waals surface area contributed by atoms with E-state index in [1.54, 1.807) is 14.2 Å². The first-order valence-corrected chi connectivity index (χ1v) is 12.7. The highest BCUT2D eigenvalue weighted by Gasteiger charge is 2.26. The summed E-state index contributed by atoms with van der Waals surface area (Å²) >= 11 is 1.52. The number of hydrogen-bond donors (Lipinski definition) is 0. The van der Waals surface area contributed by atoms with Crippen molar-refractivity contribution in [2.45, 2.75) is 63.1 Å². The minimum atomic E-state index is 0.202. The Balaban J connectivity index is 1.57. The van der Waals surface area contributed by atoms with Gasteiger partial charge in [0.15, 0.2) is 22.5 Å². The van der Waals surface area contributed by atoms with Gasteiger partial charge in [-0.25, -0.2) is 0 Å². The van der Waals surface area contributed by atoms with Crippen molar-refractivity contribution in [1.29, 1.82) is 0 Å². The molecule has 1 aromatic carbocycles. The van der Waals surface area contributed by atoms with Crippen LogP contribution in [-0.2, 0) is 4.79 Å². The van der Waals surface area contributed by atoms with Crippen LogP contribution in [0.2, 0.25) is 0 Å². The second-order valence-electron chi connectivity index (χ2n) is 8.89. The smallest absolute Gasteiger partial charge is 0.233 e. The molecule has 0 bridgehead atoms. The lowest BCUT2D eigenvalue weighted by Gasteiger charge is -2.30. The van der Waals surface area contributed by atoms with Gasteiger partial charge in [-0.2, -0.15) is 0 Å². The Hall–Kier alpha value is -2.22. The van der Waals surface area contributed by atoms with Crippen LogP contribution in [0.15, 0.2) is 23.4 Å². The first-order valence-electron chi connectivity index (χ1n) is 11.7. The van der Waals surface area contributed by atoms with Gasteiger partial charge < -0.3 is 14.4 Å². The van der Waals surface area contributed by atoms with E-state index in [1.165, 1.54) is 31.0 Å². The zero-order valence-electron chi connectivity index (χ0n) is 19.4. The molecule has 1 aliphatic carbocycles. The van der Waals surface area contributed by atoms with Crippen molar-refractivity contribution >= 4 is 17.7 Å². The molecule has 1 amide bonds. The number of amides is 1. The van der Waals surface area contributed by atoms with E-state index in [1.807, 2.05) is 23.1 Å². The predicted octanol–water partition coefficient (Wildman–Crippen LogP) is 4.82. The van der Waals surface area contributed by atoms with Crippen LogP contribution in [0.25, 0.3) is 11.4 Å². The van der Waals surface area contributed by atoms with Crippen LogP contribution in [0, 0.1) is 5.92 Å². The first kappa shape index (κ1) is 23.0. The zero-order chi connectivity index (χ0) is 22.5. The minimum Gasteiger partial charge on any atom is -0.493 e. The highest BCUT2D eigenvalue weighted by molar-refractivity contribution is 7.99. The lowest BCUT2D eigenvalue weighted by molar-refractivity contribution is -0.129. The third-order valence-electron chi connectivity index (χ3n) is 6.71. The third-order valence-corrected chi connectivity index (χ3v) is 7.64. The molecule has 1 saturated heterocycles. The average molecular weight is 459 g/mol. The molecule has 0 unspecified atom stereocenters. The number of benzene rings is 1. The summed E-state index contributed by atoms with van der Waals surface area (Å²) in [5.74, 6) is 3.52. The van der Waals surface area contributed by atoms with Crippen LogP contribution < -0.4 is 9.47 Å². The molecule has 8 heteroatoms. The molecular weight excluding hydrogens is 424 g/mol. The largest absolute Gasteiger partial charge is 0.493 e. The summed E-state index contributed by atoms with van der Waals surface area (Å²) in [4.78, 5) is 14.8. The topological polar surface area (TPSA) is 69.5 Å². The van der Waals surface area contributed by atoms with Crippen molar-refractivity contribution in [3.05, 3.63) is 18.2 Å². The fourth-order valence-electron chi connectivity index (χ4n) is 4.69. The standard InChI is InChI=1S/C24H34N4O3S/c1-17-11-13-27(14-12-17)22(29)16-32-24-26-25-23(28(24)19-7-5-4-6-8-19)18-9-10-20(30-2)21(15-18)31-3/h9-10,15,17,19H,4-8,11-14,16H2,1-3H3. The van der Waals surface area contributed by atoms with Gasteiger partial charge in [-0.3, -0.25) is 9.36 Å². The number of rotatable bonds is 7. The van der Waals surface area contributed by atoms with Crippen molar-refractivity contribution in [2.24, 2.45) is 5.92 Å². The number of hydrogen-bond acceptors (Lipinski definition) is 6. The third kappa shape index (κ3) is 5.05. The van der Waals surface area contributed by atoms with Gasteiger partial charge in [0.05, 0.1) is 20.0 Å². The summed E-state index contributed by atoms with van der Waals surface area (Å²) in [6.45, 7) is 4.00. The molecule has 32 heavy (non-hydrogen) atoms. The van der Waals surface area contributed by atoms with Crippen LogP contribution in [-0.4, -0.2) is 58.6 Å².